The molecule has 0 N–H and O–H groups in total. The Morgan fingerprint density at radius 3 is 2.14 bits per heavy atom. The molecule has 182 valence electrons. The summed E-state index contributed by atoms with van der Waals surface area (Å²) in [6.07, 6.45) is 1.95. The van der Waals surface area contributed by atoms with Crippen molar-refractivity contribution in [3.05, 3.63) is 94.6 Å². The Kier molecular flexibility index (Phi) is 10.2. The molecule has 0 saturated heterocycles. The number of hydrogen-bond acceptors (Lipinski definition) is 9. The van der Waals surface area contributed by atoms with Crippen molar-refractivity contribution >= 4 is 57.8 Å². The number of rotatable bonds is 9. The van der Waals surface area contributed by atoms with Gasteiger partial charge in [0.25, 0.3) is 0 Å². The van der Waals surface area contributed by atoms with E-state index in [1.54, 1.807) is 73.3 Å². The third kappa shape index (κ3) is 6.74. The number of thioether (sulfide) groups is 1. The third-order valence-corrected chi connectivity index (χ3v) is 6.82. The van der Waals surface area contributed by atoms with E-state index < -0.39 is 17.7 Å². The first-order chi connectivity index (χ1) is 17.4. The molecule has 37 heavy (non-hydrogen) atoms. The SMILES string of the molecule is CCOC(=O)c1ccc(C/C(C(=O)c2ccc(SC)cc2)=C(\C(=O)[O-])c2ccc3nsnc3c2)cc1.[Na+]. The van der Waals surface area contributed by atoms with Crippen LogP contribution in [0.2, 0.25) is 0 Å². The third-order valence-electron chi connectivity index (χ3n) is 5.52. The van der Waals surface area contributed by atoms with Crippen molar-refractivity contribution in [2.45, 2.75) is 18.2 Å². The van der Waals surface area contributed by atoms with Crippen LogP contribution >= 0.6 is 23.5 Å². The van der Waals surface area contributed by atoms with Gasteiger partial charge in [-0.3, -0.25) is 4.79 Å². The summed E-state index contributed by atoms with van der Waals surface area (Å²) < 4.78 is 13.4. The second kappa shape index (κ2) is 13.1. The molecule has 0 aliphatic rings. The van der Waals surface area contributed by atoms with Gasteiger partial charge in [0.1, 0.15) is 11.0 Å². The van der Waals surface area contributed by atoms with Gasteiger partial charge in [-0.05, 0) is 72.8 Å². The standard InChI is InChI=1S/C27H22N2O5S2.Na/c1-3-34-27(33)18-6-4-16(5-7-18)14-21(25(30)17-8-11-20(35-2)12-9-17)24(26(31)32)19-10-13-22-23(15-19)29-36-28-22;/h4-13,15H,3,14H2,1-2H3,(H,31,32);/q;+1/p-1/b24-21+;. The zero-order chi connectivity index (χ0) is 25.7. The number of ether oxygens (including phenoxy) is 1. The number of Topliss-reactive ketones (excluding diaryl/α,β-unsaturated/α-hetero) is 1. The summed E-state index contributed by atoms with van der Waals surface area (Å²) in [5, 5.41) is 12.4. The van der Waals surface area contributed by atoms with Crippen molar-refractivity contribution in [2.75, 3.05) is 12.9 Å². The van der Waals surface area contributed by atoms with E-state index in [4.69, 9.17) is 4.74 Å². The first kappa shape index (κ1) is 28.7. The fourth-order valence-electron chi connectivity index (χ4n) is 3.73. The van der Waals surface area contributed by atoms with Crippen molar-refractivity contribution < 1.29 is 53.8 Å². The monoisotopic (exact) mass is 540 g/mol. The number of aromatic nitrogens is 2. The zero-order valence-electron chi connectivity index (χ0n) is 20.5. The molecule has 0 aliphatic carbocycles. The number of fused-ring (bicyclic) bond motifs is 1. The average molecular weight is 541 g/mol. The normalized spacial score (nSPS) is 11.4. The molecule has 0 spiro atoms. The molecule has 0 radical (unpaired) electrons. The quantitative estimate of drug-likeness (QED) is 0.103. The number of allylic oxidation sites excluding steroid dienone is 1. The van der Waals surface area contributed by atoms with Gasteiger partial charge in [-0.2, -0.15) is 8.75 Å². The van der Waals surface area contributed by atoms with Crippen molar-refractivity contribution in [3.63, 3.8) is 0 Å². The fourth-order valence-corrected chi connectivity index (χ4v) is 4.65. The second-order valence-electron chi connectivity index (χ2n) is 7.76. The molecular formula is C27H21N2NaO5S2. The second-order valence-corrected chi connectivity index (χ2v) is 9.17. The molecule has 0 amide bonds. The molecule has 0 atom stereocenters. The fraction of sp³-hybridized carbons (Fsp3) is 0.148. The molecule has 4 rings (SSSR count). The summed E-state index contributed by atoms with van der Waals surface area (Å²) in [6.45, 7) is 1.98. The van der Waals surface area contributed by atoms with Gasteiger partial charge in [0.2, 0.25) is 0 Å². The van der Waals surface area contributed by atoms with Crippen molar-refractivity contribution in [2.24, 2.45) is 0 Å². The predicted molar refractivity (Wildman–Crippen MR) is 138 cm³/mol. The molecule has 0 saturated carbocycles. The van der Waals surface area contributed by atoms with Crippen LogP contribution in [0.1, 0.15) is 38.8 Å². The summed E-state index contributed by atoms with van der Waals surface area (Å²) in [4.78, 5) is 39.1. The Bertz CT molecular complexity index is 1460. The Morgan fingerprint density at radius 2 is 1.51 bits per heavy atom. The van der Waals surface area contributed by atoms with Crippen molar-refractivity contribution in [3.8, 4) is 0 Å². The summed E-state index contributed by atoms with van der Waals surface area (Å²) in [5.74, 6) is -2.34. The number of benzene rings is 3. The van der Waals surface area contributed by atoms with Crippen LogP contribution in [0.15, 0.2) is 77.2 Å². The van der Waals surface area contributed by atoms with Crippen LogP contribution in [0.4, 0.5) is 0 Å². The summed E-state index contributed by atoms with van der Waals surface area (Å²) >= 11 is 2.56. The molecule has 3 aromatic carbocycles. The average Bonchev–Trinajstić information content (AvgIpc) is 3.36. The molecule has 10 heteroatoms. The van der Waals surface area contributed by atoms with Gasteiger partial charge in [0.05, 0.1) is 29.9 Å². The maximum absolute atomic E-state index is 13.7. The maximum atomic E-state index is 13.7. The number of esters is 1. The molecule has 4 aromatic rings. The van der Waals surface area contributed by atoms with E-state index in [0.29, 0.717) is 33.3 Å². The molecule has 0 fully saturated rings. The van der Waals surface area contributed by atoms with E-state index in [1.807, 2.05) is 18.4 Å². The van der Waals surface area contributed by atoms with Crippen LogP contribution in [0, 0.1) is 0 Å². The summed E-state index contributed by atoms with van der Waals surface area (Å²) in [6, 6.07) is 18.4. The minimum absolute atomic E-state index is 0. The molecule has 7 nitrogen and oxygen atoms in total. The van der Waals surface area contributed by atoms with Crippen molar-refractivity contribution in [1.82, 2.24) is 8.75 Å². The number of carboxylic acid groups (broad SMARTS) is 1. The van der Waals surface area contributed by atoms with Gasteiger partial charge in [0.15, 0.2) is 5.78 Å². The van der Waals surface area contributed by atoms with E-state index >= 15 is 0 Å². The molecule has 0 unspecified atom stereocenters. The Labute approximate surface area is 244 Å². The zero-order valence-corrected chi connectivity index (χ0v) is 24.2. The minimum Gasteiger partial charge on any atom is -0.545 e. The molecule has 0 aliphatic heterocycles. The minimum atomic E-state index is -1.47. The predicted octanol–water partition coefficient (Wildman–Crippen LogP) is 1.22. The van der Waals surface area contributed by atoms with Crippen LogP contribution in [0.3, 0.4) is 0 Å². The summed E-state index contributed by atoms with van der Waals surface area (Å²) in [7, 11) is 0. The number of hydrogen-bond donors (Lipinski definition) is 0. The number of carbonyl (C=O) groups excluding carboxylic acids is 3. The maximum Gasteiger partial charge on any atom is 1.00 e. The largest absolute Gasteiger partial charge is 1.00 e. The topological polar surface area (TPSA) is 109 Å². The Hall–Kier alpha value is -2.82. The van der Waals surface area contributed by atoms with Crippen LogP contribution in [0.5, 0.6) is 0 Å². The van der Waals surface area contributed by atoms with E-state index in [-0.39, 0.29) is 53.7 Å². The number of carboxylic acids is 1. The number of ketones is 1. The van der Waals surface area contributed by atoms with Crippen molar-refractivity contribution in [1.29, 1.82) is 0 Å². The van der Waals surface area contributed by atoms with E-state index in [9.17, 15) is 19.5 Å². The Balaban J connectivity index is 0.00000380. The first-order valence-corrected chi connectivity index (χ1v) is 13.0. The van der Waals surface area contributed by atoms with Gasteiger partial charge in [-0.1, -0.05) is 18.2 Å². The molecule has 1 heterocycles. The van der Waals surface area contributed by atoms with Gasteiger partial charge in [0, 0.05) is 28.0 Å². The smallest absolute Gasteiger partial charge is 0.545 e. The van der Waals surface area contributed by atoms with Gasteiger partial charge < -0.3 is 14.6 Å². The van der Waals surface area contributed by atoms with Gasteiger partial charge >= 0.3 is 35.5 Å². The van der Waals surface area contributed by atoms with Gasteiger partial charge in [-0.15, -0.1) is 11.8 Å². The van der Waals surface area contributed by atoms with E-state index in [1.165, 1.54) is 0 Å². The first-order valence-electron chi connectivity index (χ1n) is 11.0. The summed E-state index contributed by atoms with van der Waals surface area (Å²) in [5.41, 5.74) is 2.72. The van der Waals surface area contributed by atoms with E-state index in [2.05, 4.69) is 8.75 Å². The molecule has 0 bridgehead atoms. The number of aliphatic carboxylic acids is 1. The molecule has 1 aromatic heterocycles. The van der Waals surface area contributed by atoms with Crippen LogP contribution in [0.25, 0.3) is 16.6 Å². The van der Waals surface area contributed by atoms with E-state index in [0.717, 1.165) is 16.6 Å². The molecular weight excluding hydrogens is 519 g/mol. The van der Waals surface area contributed by atoms with Crippen LogP contribution < -0.4 is 34.7 Å². The number of carbonyl (C=O) groups is 3. The number of nitrogens with zero attached hydrogens (tertiary/aromatic N) is 2. The van der Waals surface area contributed by atoms with Gasteiger partial charge in [-0.25, -0.2) is 4.79 Å². The van der Waals surface area contributed by atoms with Crippen LogP contribution in [-0.4, -0.2) is 39.3 Å². The Morgan fingerprint density at radius 1 is 0.892 bits per heavy atom. The van der Waals surface area contributed by atoms with Crippen LogP contribution in [-0.2, 0) is 16.0 Å².